The van der Waals surface area contributed by atoms with Crippen LogP contribution in [-0.4, -0.2) is 71.4 Å². The molecule has 112 valence electrons. The van der Waals surface area contributed by atoms with E-state index in [9.17, 15) is 14.7 Å². The molecule has 2 unspecified atom stereocenters. The average molecular weight is 283 g/mol. The smallest absolute Gasteiger partial charge is 0.290 e. The zero-order valence-electron chi connectivity index (χ0n) is 12.1. The van der Waals surface area contributed by atoms with Crippen LogP contribution in [0.4, 0.5) is 0 Å². The van der Waals surface area contributed by atoms with Crippen molar-refractivity contribution < 1.29 is 14.4 Å². The van der Waals surface area contributed by atoms with E-state index in [4.69, 9.17) is 4.52 Å². The molecule has 1 aliphatic rings. The molecular formula is C13H21N3O4. The van der Waals surface area contributed by atoms with Gasteiger partial charge < -0.3 is 14.5 Å². The minimum absolute atomic E-state index is 0.0719. The van der Waals surface area contributed by atoms with Gasteiger partial charge in [-0.05, 0) is 27.4 Å². The van der Waals surface area contributed by atoms with Crippen molar-refractivity contribution >= 4 is 5.91 Å². The molecule has 2 heterocycles. The number of aliphatic hydroxyl groups excluding tert-OH is 1. The van der Waals surface area contributed by atoms with Crippen LogP contribution in [0.3, 0.4) is 0 Å². The average Bonchev–Trinajstić information content (AvgIpc) is 2.81. The minimum Gasteiger partial charge on any atom is -0.392 e. The van der Waals surface area contributed by atoms with E-state index in [1.807, 2.05) is 23.9 Å². The van der Waals surface area contributed by atoms with Crippen LogP contribution in [-0.2, 0) is 0 Å². The summed E-state index contributed by atoms with van der Waals surface area (Å²) in [6.07, 6.45) is 0.208. The Labute approximate surface area is 117 Å². The lowest BCUT2D eigenvalue weighted by Gasteiger charge is -2.25. The summed E-state index contributed by atoms with van der Waals surface area (Å²) in [7, 11) is 3.90. The lowest BCUT2D eigenvalue weighted by atomic mass is 10.2. The van der Waals surface area contributed by atoms with Crippen molar-refractivity contribution in [2.24, 2.45) is 0 Å². The zero-order valence-corrected chi connectivity index (χ0v) is 12.1. The third-order valence-electron chi connectivity index (χ3n) is 3.41. The molecule has 0 saturated carbocycles. The third-order valence-corrected chi connectivity index (χ3v) is 3.41. The summed E-state index contributed by atoms with van der Waals surface area (Å²) in [6.45, 7) is 2.90. The first kappa shape index (κ1) is 15.0. The van der Waals surface area contributed by atoms with E-state index in [0.717, 1.165) is 11.3 Å². The Hall–Kier alpha value is -1.44. The minimum atomic E-state index is -0.448. The van der Waals surface area contributed by atoms with Crippen molar-refractivity contribution in [2.75, 3.05) is 33.7 Å². The highest BCUT2D eigenvalue weighted by Crippen LogP contribution is 2.18. The van der Waals surface area contributed by atoms with E-state index in [2.05, 4.69) is 0 Å². The number of carbonyl (C=O) groups is 1. The molecule has 0 aromatic carbocycles. The highest BCUT2D eigenvalue weighted by molar-refractivity contribution is 5.79. The van der Waals surface area contributed by atoms with Gasteiger partial charge in [0, 0.05) is 25.2 Å². The second kappa shape index (κ2) is 5.90. The highest BCUT2D eigenvalue weighted by Gasteiger charge is 2.33. The fourth-order valence-electron chi connectivity index (χ4n) is 2.62. The van der Waals surface area contributed by atoms with Crippen LogP contribution in [0.5, 0.6) is 0 Å². The van der Waals surface area contributed by atoms with Gasteiger partial charge in [-0.3, -0.25) is 14.5 Å². The summed E-state index contributed by atoms with van der Waals surface area (Å²) in [6, 6.07) is 1.39. The van der Waals surface area contributed by atoms with Gasteiger partial charge in [-0.15, -0.1) is 4.74 Å². The maximum Gasteiger partial charge on any atom is 0.290 e. The van der Waals surface area contributed by atoms with Gasteiger partial charge in [0.2, 0.25) is 0 Å². The number of β-amino-alcohol motifs (C(OH)–C–C–N with tert-alkyl or cyclic N) is 1. The Kier molecular flexibility index (Phi) is 4.42. The number of aliphatic hydroxyl groups is 1. The van der Waals surface area contributed by atoms with Crippen molar-refractivity contribution in [3.63, 3.8) is 0 Å². The van der Waals surface area contributed by atoms with E-state index in [-0.39, 0.29) is 12.6 Å². The topological polar surface area (TPSA) is 78.9 Å². The summed E-state index contributed by atoms with van der Waals surface area (Å²) >= 11 is 0. The van der Waals surface area contributed by atoms with E-state index in [1.54, 1.807) is 6.92 Å². The Bertz CT molecular complexity index is 534. The number of likely N-dealkylation sites (N-methyl/N-ethyl adjacent to an activating group) is 1. The van der Waals surface area contributed by atoms with Crippen LogP contribution in [0.25, 0.3) is 0 Å². The SMILES string of the molecule is Cc1cc(=O)n(C(=O)CN2CC(O)CC2CN(C)C)o1. The van der Waals surface area contributed by atoms with Gasteiger partial charge in [-0.2, -0.15) is 0 Å². The van der Waals surface area contributed by atoms with Crippen LogP contribution < -0.4 is 5.56 Å². The van der Waals surface area contributed by atoms with Crippen LogP contribution in [0, 0.1) is 6.92 Å². The first-order valence-electron chi connectivity index (χ1n) is 6.67. The van der Waals surface area contributed by atoms with Gasteiger partial charge in [0.15, 0.2) is 0 Å². The summed E-state index contributed by atoms with van der Waals surface area (Å²) in [5.41, 5.74) is -0.448. The largest absolute Gasteiger partial charge is 0.392 e. The molecule has 1 fully saturated rings. The van der Waals surface area contributed by atoms with E-state index < -0.39 is 17.6 Å². The first-order chi connectivity index (χ1) is 9.36. The maximum absolute atomic E-state index is 12.1. The van der Waals surface area contributed by atoms with Crippen molar-refractivity contribution in [1.82, 2.24) is 14.5 Å². The summed E-state index contributed by atoms with van der Waals surface area (Å²) in [4.78, 5) is 27.6. The predicted molar refractivity (Wildman–Crippen MR) is 72.9 cm³/mol. The molecular weight excluding hydrogens is 262 g/mol. The number of hydrogen-bond acceptors (Lipinski definition) is 6. The molecule has 0 amide bonds. The monoisotopic (exact) mass is 283 g/mol. The second-order valence-corrected chi connectivity index (χ2v) is 5.61. The third kappa shape index (κ3) is 3.36. The number of rotatable bonds is 4. The summed E-state index contributed by atoms with van der Waals surface area (Å²) < 4.78 is 5.87. The summed E-state index contributed by atoms with van der Waals surface area (Å²) in [5, 5.41) is 9.76. The normalized spacial score (nSPS) is 23.6. The molecule has 7 nitrogen and oxygen atoms in total. The van der Waals surface area contributed by atoms with Gasteiger partial charge in [0.1, 0.15) is 5.76 Å². The molecule has 2 atom stereocenters. The number of aryl methyl sites for hydroxylation is 1. The van der Waals surface area contributed by atoms with Crippen LogP contribution >= 0.6 is 0 Å². The molecule has 0 radical (unpaired) electrons. The highest BCUT2D eigenvalue weighted by atomic mass is 16.5. The molecule has 1 aromatic heterocycles. The molecule has 20 heavy (non-hydrogen) atoms. The second-order valence-electron chi connectivity index (χ2n) is 5.61. The van der Waals surface area contributed by atoms with Crippen LogP contribution in [0.1, 0.15) is 17.0 Å². The Balaban J connectivity index is 2.06. The molecule has 1 N–H and O–H groups in total. The molecule has 0 aliphatic carbocycles. The van der Waals surface area contributed by atoms with Gasteiger partial charge in [-0.25, -0.2) is 0 Å². The maximum atomic E-state index is 12.1. The van der Waals surface area contributed by atoms with Crippen molar-refractivity contribution in [3.8, 4) is 0 Å². The van der Waals surface area contributed by atoms with Crippen molar-refractivity contribution in [1.29, 1.82) is 0 Å². The standard InChI is InChI=1S/C13H21N3O4/c1-9-4-12(18)16(20-9)13(19)8-15-7-11(17)5-10(15)6-14(2)3/h4,10-11,17H,5-8H2,1-3H3. The van der Waals surface area contributed by atoms with Crippen LogP contribution in [0.15, 0.2) is 15.4 Å². The molecule has 1 aromatic rings. The lowest BCUT2D eigenvalue weighted by molar-refractivity contribution is 0.0689. The number of hydrogen-bond donors (Lipinski definition) is 1. The number of carbonyl (C=O) groups excluding carboxylic acids is 1. The quantitative estimate of drug-likeness (QED) is 0.794. The Morgan fingerprint density at radius 3 is 2.80 bits per heavy atom. The molecule has 1 aliphatic heterocycles. The van der Waals surface area contributed by atoms with Crippen molar-refractivity contribution in [2.45, 2.75) is 25.5 Å². The van der Waals surface area contributed by atoms with E-state index in [1.165, 1.54) is 6.07 Å². The molecule has 0 bridgehead atoms. The fourth-order valence-corrected chi connectivity index (χ4v) is 2.62. The first-order valence-corrected chi connectivity index (χ1v) is 6.67. The number of likely N-dealkylation sites (tertiary alicyclic amines) is 1. The summed E-state index contributed by atoms with van der Waals surface area (Å²) in [5.74, 6) is 0.00982. The lowest BCUT2D eigenvalue weighted by Crippen LogP contribution is -2.42. The molecule has 7 heteroatoms. The van der Waals surface area contributed by atoms with Crippen LogP contribution in [0.2, 0.25) is 0 Å². The number of aromatic nitrogens is 1. The van der Waals surface area contributed by atoms with Gasteiger partial charge >= 0.3 is 0 Å². The van der Waals surface area contributed by atoms with Gasteiger partial charge in [0.05, 0.1) is 12.6 Å². The molecule has 2 rings (SSSR count). The Morgan fingerprint density at radius 2 is 2.25 bits per heavy atom. The van der Waals surface area contributed by atoms with E-state index >= 15 is 0 Å². The van der Waals surface area contributed by atoms with Gasteiger partial charge in [-0.1, -0.05) is 0 Å². The molecule has 0 spiro atoms. The van der Waals surface area contributed by atoms with Gasteiger partial charge in [0.25, 0.3) is 11.5 Å². The molecule has 1 saturated heterocycles. The fraction of sp³-hybridized carbons (Fsp3) is 0.692. The number of nitrogens with zero attached hydrogens (tertiary/aromatic N) is 3. The Morgan fingerprint density at radius 1 is 1.55 bits per heavy atom. The van der Waals surface area contributed by atoms with Crippen molar-refractivity contribution in [3.05, 3.63) is 22.2 Å². The predicted octanol–water partition coefficient (Wildman–Crippen LogP) is -0.613. The zero-order chi connectivity index (χ0) is 14.9. The van der Waals surface area contributed by atoms with E-state index in [0.29, 0.717) is 18.7 Å².